The molecule has 0 heterocycles. The zero-order chi connectivity index (χ0) is 12.1. The average Bonchev–Trinajstić information content (AvgIpc) is 2.23. The molecule has 1 amide bonds. The molecule has 1 aromatic rings. The molecule has 1 atom stereocenters. The van der Waals surface area contributed by atoms with E-state index in [4.69, 9.17) is 16.2 Å². The largest absolute Gasteiger partial charge is 0.478 e. The van der Waals surface area contributed by atoms with Crippen LogP contribution in [0.3, 0.4) is 0 Å². The van der Waals surface area contributed by atoms with Crippen molar-refractivity contribution in [1.29, 1.82) is 0 Å². The van der Waals surface area contributed by atoms with Crippen LogP contribution in [0, 0.1) is 5.82 Å². The zero-order valence-electron chi connectivity index (χ0n) is 9.07. The Hall–Kier alpha value is -1.62. The number of rotatable bonds is 5. The Kier molecular flexibility index (Phi) is 4.25. The van der Waals surface area contributed by atoms with Crippen LogP contribution in [-0.2, 0) is 11.2 Å². The molecular weight excluding hydrogens is 211 g/mol. The lowest BCUT2D eigenvalue weighted by Gasteiger charge is -2.15. The van der Waals surface area contributed by atoms with Gasteiger partial charge in [0.05, 0.1) is 0 Å². The van der Waals surface area contributed by atoms with E-state index in [0.717, 1.165) is 0 Å². The van der Waals surface area contributed by atoms with Crippen molar-refractivity contribution >= 4 is 5.91 Å². The van der Waals surface area contributed by atoms with Crippen molar-refractivity contribution in [3.8, 4) is 5.75 Å². The number of carbonyl (C=O) groups is 1. The minimum absolute atomic E-state index is 0.0549. The van der Waals surface area contributed by atoms with Crippen LogP contribution in [0.2, 0.25) is 0 Å². The molecule has 0 aliphatic rings. The Bertz CT molecular complexity index is 382. The SMILES string of the molecule is CC(Oc1c(F)cccc1CCN)C(N)=O. The Labute approximate surface area is 93.4 Å². The van der Waals surface area contributed by atoms with Crippen LogP contribution in [0.4, 0.5) is 4.39 Å². The molecule has 5 heteroatoms. The van der Waals surface area contributed by atoms with Crippen molar-refractivity contribution in [2.45, 2.75) is 19.4 Å². The quantitative estimate of drug-likeness (QED) is 0.770. The summed E-state index contributed by atoms with van der Waals surface area (Å²) in [4.78, 5) is 10.8. The van der Waals surface area contributed by atoms with Gasteiger partial charge in [0.25, 0.3) is 5.91 Å². The van der Waals surface area contributed by atoms with Crippen molar-refractivity contribution in [2.24, 2.45) is 11.5 Å². The van der Waals surface area contributed by atoms with Gasteiger partial charge in [0.1, 0.15) is 0 Å². The molecule has 16 heavy (non-hydrogen) atoms. The summed E-state index contributed by atoms with van der Waals surface area (Å²) in [5, 5.41) is 0. The summed E-state index contributed by atoms with van der Waals surface area (Å²) >= 11 is 0. The molecule has 0 aliphatic carbocycles. The Morgan fingerprint density at radius 1 is 1.56 bits per heavy atom. The van der Waals surface area contributed by atoms with Gasteiger partial charge in [-0.25, -0.2) is 4.39 Å². The number of primary amides is 1. The second-order valence-corrected chi connectivity index (χ2v) is 3.43. The maximum absolute atomic E-state index is 13.5. The third kappa shape index (κ3) is 2.93. The van der Waals surface area contributed by atoms with Gasteiger partial charge in [-0.2, -0.15) is 0 Å². The minimum atomic E-state index is -0.867. The van der Waals surface area contributed by atoms with Crippen molar-refractivity contribution in [2.75, 3.05) is 6.54 Å². The maximum atomic E-state index is 13.5. The first-order valence-corrected chi connectivity index (χ1v) is 4.99. The van der Waals surface area contributed by atoms with Crippen molar-refractivity contribution in [3.63, 3.8) is 0 Å². The van der Waals surface area contributed by atoms with Crippen molar-refractivity contribution < 1.29 is 13.9 Å². The minimum Gasteiger partial charge on any atom is -0.478 e. The van der Waals surface area contributed by atoms with Gasteiger partial charge in [-0.3, -0.25) is 4.79 Å². The molecular formula is C11H15FN2O2. The number of halogens is 1. The summed E-state index contributed by atoms with van der Waals surface area (Å²) in [7, 11) is 0. The van der Waals surface area contributed by atoms with E-state index >= 15 is 0 Å². The molecule has 0 aliphatic heterocycles. The van der Waals surface area contributed by atoms with E-state index in [1.165, 1.54) is 13.0 Å². The molecule has 0 radical (unpaired) electrons. The Balaban J connectivity index is 2.96. The van der Waals surface area contributed by atoms with Gasteiger partial charge in [-0.1, -0.05) is 12.1 Å². The normalized spacial score (nSPS) is 12.2. The van der Waals surface area contributed by atoms with E-state index in [1.54, 1.807) is 12.1 Å². The number of hydrogen-bond acceptors (Lipinski definition) is 3. The highest BCUT2D eigenvalue weighted by atomic mass is 19.1. The number of para-hydroxylation sites is 1. The van der Waals surface area contributed by atoms with Gasteiger partial charge in [-0.05, 0) is 31.5 Å². The molecule has 1 unspecified atom stereocenters. The van der Waals surface area contributed by atoms with Crippen LogP contribution in [0.15, 0.2) is 18.2 Å². The maximum Gasteiger partial charge on any atom is 0.258 e. The van der Waals surface area contributed by atoms with E-state index in [-0.39, 0.29) is 5.75 Å². The fourth-order valence-electron chi connectivity index (χ4n) is 1.27. The molecule has 0 fully saturated rings. The van der Waals surface area contributed by atoms with Gasteiger partial charge in [0.2, 0.25) is 0 Å². The summed E-state index contributed by atoms with van der Waals surface area (Å²) in [6, 6.07) is 4.55. The number of amides is 1. The first-order chi connectivity index (χ1) is 7.56. The number of carbonyl (C=O) groups excluding carboxylic acids is 1. The van der Waals surface area contributed by atoms with E-state index in [0.29, 0.717) is 18.5 Å². The molecule has 88 valence electrons. The highest BCUT2D eigenvalue weighted by Crippen LogP contribution is 2.24. The van der Waals surface area contributed by atoms with E-state index < -0.39 is 17.8 Å². The number of nitrogens with two attached hydrogens (primary N) is 2. The molecule has 0 saturated heterocycles. The number of hydrogen-bond donors (Lipinski definition) is 2. The fraction of sp³-hybridized carbons (Fsp3) is 0.364. The Morgan fingerprint density at radius 3 is 2.81 bits per heavy atom. The molecule has 1 rings (SSSR count). The third-order valence-corrected chi connectivity index (χ3v) is 2.16. The third-order valence-electron chi connectivity index (χ3n) is 2.16. The smallest absolute Gasteiger partial charge is 0.258 e. The van der Waals surface area contributed by atoms with Gasteiger partial charge in [0.15, 0.2) is 17.7 Å². The average molecular weight is 226 g/mol. The van der Waals surface area contributed by atoms with Crippen LogP contribution < -0.4 is 16.2 Å². The van der Waals surface area contributed by atoms with Gasteiger partial charge >= 0.3 is 0 Å². The molecule has 0 bridgehead atoms. The molecule has 1 aromatic carbocycles. The number of benzene rings is 1. The Morgan fingerprint density at radius 2 is 2.25 bits per heavy atom. The summed E-state index contributed by atoms with van der Waals surface area (Å²) in [6.07, 6.45) is -0.383. The molecule has 0 saturated carbocycles. The van der Waals surface area contributed by atoms with E-state index in [9.17, 15) is 9.18 Å². The first-order valence-electron chi connectivity index (χ1n) is 4.99. The predicted octanol–water partition coefficient (Wildman–Crippen LogP) is 0.580. The van der Waals surface area contributed by atoms with Crippen LogP contribution in [-0.4, -0.2) is 18.6 Å². The summed E-state index contributed by atoms with van der Waals surface area (Å²) in [6.45, 7) is 1.85. The van der Waals surface area contributed by atoms with Gasteiger partial charge in [-0.15, -0.1) is 0 Å². The zero-order valence-corrected chi connectivity index (χ0v) is 9.07. The second-order valence-electron chi connectivity index (χ2n) is 3.43. The monoisotopic (exact) mass is 226 g/mol. The first kappa shape index (κ1) is 12.4. The molecule has 0 spiro atoms. The standard InChI is InChI=1S/C11H15FN2O2/c1-7(11(14)15)16-10-8(5-6-13)3-2-4-9(10)12/h2-4,7H,5-6,13H2,1H3,(H2,14,15). The summed E-state index contributed by atoms with van der Waals surface area (Å²) in [5.41, 5.74) is 11.1. The van der Waals surface area contributed by atoms with Crippen LogP contribution >= 0.6 is 0 Å². The topological polar surface area (TPSA) is 78.3 Å². The summed E-state index contributed by atoms with van der Waals surface area (Å²) in [5.74, 6) is -1.10. The van der Waals surface area contributed by atoms with Crippen LogP contribution in [0.25, 0.3) is 0 Å². The number of ether oxygens (including phenoxy) is 1. The lowest BCUT2D eigenvalue weighted by molar-refractivity contribution is -0.124. The summed E-state index contributed by atoms with van der Waals surface area (Å²) < 4.78 is 18.7. The fourth-order valence-corrected chi connectivity index (χ4v) is 1.27. The molecule has 0 aromatic heterocycles. The van der Waals surface area contributed by atoms with E-state index in [2.05, 4.69) is 0 Å². The van der Waals surface area contributed by atoms with Crippen LogP contribution in [0.1, 0.15) is 12.5 Å². The lowest BCUT2D eigenvalue weighted by atomic mass is 10.1. The predicted molar refractivity (Wildman–Crippen MR) is 58.4 cm³/mol. The lowest BCUT2D eigenvalue weighted by Crippen LogP contribution is -2.31. The second kappa shape index (κ2) is 5.46. The molecule has 4 nitrogen and oxygen atoms in total. The van der Waals surface area contributed by atoms with Crippen molar-refractivity contribution in [3.05, 3.63) is 29.6 Å². The highest BCUT2D eigenvalue weighted by molar-refractivity contribution is 5.78. The van der Waals surface area contributed by atoms with Gasteiger partial charge < -0.3 is 16.2 Å². The highest BCUT2D eigenvalue weighted by Gasteiger charge is 2.16. The van der Waals surface area contributed by atoms with Crippen molar-refractivity contribution in [1.82, 2.24) is 0 Å². The van der Waals surface area contributed by atoms with E-state index in [1.807, 2.05) is 0 Å². The molecule has 4 N–H and O–H groups in total. The van der Waals surface area contributed by atoms with Gasteiger partial charge in [0, 0.05) is 0 Å². The van der Waals surface area contributed by atoms with Crippen LogP contribution in [0.5, 0.6) is 5.75 Å².